The predicted molar refractivity (Wildman–Crippen MR) is 87.5 cm³/mol. The van der Waals surface area contributed by atoms with Gasteiger partial charge in [-0.2, -0.15) is 0 Å². The van der Waals surface area contributed by atoms with Crippen LogP contribution in [0.25, 0.3) is 0 Å². The van der Waals surface area contributed by atoms with Gasteiger partial charge in [-0.05, 0) is 49.4 Å². The van der Waals surface area contributed by atoms with Crippen LogP contribution < -0.4 is 4.72 Å². The maximum absolute atomic E-state index is 13.0. The van der Waals surface area contributed by atoms with E-state index in [0.717, 1.165) is 0 Å². The molecule has 5 nitrogen and oxygen atoms in total. The van der Waals surface area contributed by atoms with Crippen molar-refractivity contribution in [1.82, 2.24) is 4.72 Å². The van der Waals surface area contributed by atoms with Crippen LogP contribution in [0, 0.1) is 5.82 Å². The van der Waals surface area contributed by atoms with E-state index < -0.39 is 22.1 Å². The van der Waals surface area contributed by atoms with E-state index in [1.807, 2.05) is 6.92 Å². The molecule has 2 aromatic rings. The molecule has 0 fully saturated rings. The molecule has 0 aliphatic heterocycles. The summed E-state index contributed by atoms with van der Waals surface area (Å²) in [7, 11) is -2.35. The lowest BCUT2D eigenvalue weighted by atomic mass is 10.1. The van der Waals surface area contributed by atoms with E-state index in [2.05, 4.69) is 4.72 Å². The molecule has 0 aromatic heterocycles. The van der Waals surface area contributed by atoms with Crippen molar-refractivity contribution in [2.45, 2.75) is 24.3 Å². The third-order valence-electron chi connectivity index (χ3n) is 3.51. The molecule has 0 bridgehead atoms. The van der Waals surface area contributed by atoms with Gasteiger partial charge in [-0.15, -0.1) is 0 Å². The molecule has 1 unspecified atom stereocenters. The number of sulfonamides is 1. The van der Waals surface area contributed by atoms with Crippen molar-refractivity contribution in [1.29, 1.82) is 0 Å². The van der Waals surface area contributed by atoms with Gasteiger partial charge >= 0.3 is 5.97 Å². The van der Waals surface area contributed by atoms with Crippen LogP contribution in [0.4, 0.5) is 4.39 Å². The fraction of sp³-hybridized carbons (Fsp3) is 0.235. The molecule has 2 rings (SSSR count). The van der Waals surface area contributed by atoms with Gasteiger partial charge in [0.05, 0.1) is 10.5 Å². The minimum Gasteiger partial charge on any atom is -0.454 e. The van der Waals surface area contributed by atoms with Gasteiger partial charge in [-0.3, -0.25) is 0 Å². The summed E-state index contributed by atoms with van der Waals surface area (Å²) in [5.74, 6) is -1.01. The number of hydrogen-bond acceptors (Lipinski definition) is 4. The highest BCUT2D eigenvalue weighted by atomic mass is 32.2. The smallest absolute Gasteiger partial charge is 0.338 e. The lowest BCUT2D eigenvalue weighted by Crippen LogP contribution is -2.19. The third kappa shape index (κ3) is 4.18. The number of benzene rings is 2. The van der Waals surface area contributed by atoms with Gasteiger partial charge in [-0.25, -0.2) is 22.3 Å². The maximum Gasteiger partial charge on any atom is 0.338 e. The second-order valence-corrected chi connectivity index (χ2v) is 6.98. The van der Waals surface area contributed by atoms with Crippen molar-refractivity contribution < 1.29 is 22.3 Å². The molecule has 2 aromatic carbocycles. The molecule has 1 N–H and O–H groups in total. The number of carbonyl (C=O) groups is 1. The van der Waals surface area contributed by atoms with Crippen LogP contribution in [0.15, 0.2) is 53.4 Å². The molecular formula is C17H18FNO4S. The Morgan fingerprint density at radius 2 is 1.88 bits per heavy atom. The zero-order chi connectivity index (χ0) is 17.7. The van der Waals surface area contributed by atoms with Crippen LogP contribution in [0.2, 0.25) is 0 Å². The first kappa shape index (κ1) is 18.1. The van der Waals surface area contributed by atoms with E-state index in [-0.39, 0.29) is 16.3 Å². The molecule has 7 heteroatoms. The normalized spacial score (nSPS) is 12.6. The molecular weight excluding hydrogens is 333 g/mol. The molecule has 0 radical (unpaired) electrons. The molecule has 0 aliphatic rings. The van der Waals surface area contributed by atoms with Gasteiger partial charge in [0.2, 0.25) is 10.0 Å². The van der Waals surface area contributed by atoms with Crippen molar-refractivity contribution in [2.75, 3.05) is 7.05 Å². The van der Waals surface area contributed by atoms with Gasteiger partial charge in [0, 0.05) is 0 Å². The monoisotopic (exact) mass is 351 g/mol. The molecule has 1 atom stereocenters. The van der Waals surface area contributed by atoms with Crippen LogP contribution in [-0.2, 0) is 14.8 Å². The summed E-state index contributed by atoms with van der Waals surface area (Å²) >= 11 is 0. The number of hydrogen-bond donors (Lipinski definition) is 1. The van der Waals surface area contributed by atoms with E-state index in [0.29, 0.717) is 12.0 Å². The standard InChI is InChI=1S/C17H18FNO4S/c1-3-16(12-7-9-14(18)10-8-12)23-17(20)13-5-4-6-15(11-13)24(21,22)19-2/h4-11,16,19H,3H2,1-2H3. The highest BCUT2D eigenvalue weighted by Gasteiger charge is 2.19. The Balaban J connectivity index is 2.22. The Morgan fingerprint density at radius 3 is 2.46 bits per heavy atom. The second-order valence-electron chi connectivity index (χ2n) is 5.09. The van der Waals surface area contributed by atoms with Gasteiger partial charge in [-0.1, -0.05) is 25.1 Å². The first-order valence-corrected chi connectivity index (χ1v) is 8.85. The van der Waals surface area contributed by atoms with Crippen LogP contribution in [-0.4, -0.2) is 21.4 Å². The average molecular weight is 351 g/mol. The zero-order valence-electron chi connectivity index (χ0n) is 13.3. The van der Waals surface area contributed by atoms with Gasteiger partial charge < -0.3 is 4.74 Å². The Morgan fingerprint density at radius 1 is 1.21 bits per heavy atom. The summed E-state index contributed by atoms with van der Waals surface area (Å²) in [6, 6.07) is 11.3. The SMILES string of the molecule is CCC(OC(=O)c1cccc(S(=O)(=O)NC)c1)c1ccc(F)cc1. The zero-order valence-corrected chi connectivity index (χ0v) is 14.1. The summed E-state index contributed by atoms with van der Waals surface area (Å²) in [5.41, 5.74) is 0.804. The van der Waals surface area contributed by atoms with Gasteiger partial charge in [0.1, 0.15) is 11.9 Å². The highest BCUT2D eigenvalue weighted by Crippen LogP contribution is 2.23. The molecule has 0 amide bonds. The molecule has 128 valence electrons. The quantitative estimate of drug-likeness (QED) is 0.812. The first-order valence-electron chi connectivity index (χ1n) is 7.37. The summed E-state index contributed by atoms with van der Waals surface area (Å²) in [5, 5.41) is 0. The second kappa shape index (κ2) is 7.55. The maximum atomic E-state index is 13.0. The average Bonchev–Trinajstić information content (AvgIpc) is 2.60. The summed E-state index contributed by atoms with van der Waals surface area (Å²) < 4.78 is 44.2. The number of rotatable bonds is 6. The van der Waals surface area contributed by atoms with E-state index in [4.69, 9.17) is 4.74 Å². The largest absolute Gasteiger partial charge is 0.454 e. The topological polar surface area (TPSA) is 72.5 Å². The third-order valence-corrected chi connectivity index (χ3v) is 4.92. The van der Waals surface area contributed by atoms with E-state index in [9.17, 15) is 17.6 Å². The van der Waals surface area contributed by atoms with Gasteiger partial charge in [0.15, 0.2) is 0 Å². The van der Waals surface area contributed by atoms with Crippen molar-refractivity contribution in [3.63, 3.8) is 0 Å². The lowest BCUT2D eigenvalue weighted by molar-refractivity contribution is 0.0287. The van der Waals surface area contributed by atoms with Crippen LogP contribution >= 0.6 is 0 Å². The van der Waals surface area contributed by atoms with Crippen molar-refractivity contribution in [2.24, 2.45) is 0 Å². The van der Waals surface area contributed by atoms with Gasteiger partial charge in [0.25, 0.3) is 0 Å². The Hall–Kier alpha value is -2.25. The van der Waals surface area contributed by atoms with E-state index in [1.165, 1.54) is 43.4 Å². The highest BCUT2D eigenvalue weighted by molar-refractivity contribution is 7.89. The fourth-order valence-corrected chi connectivity index (χ4v) is 2.95. The van der Waals surface area contributed by atoms with E-state index in [1.54, 1.807) is 12.1 Å². The molecule has 0 spiro atoms. The Kier molecular flexibility index (Phi) is 5.69. The predicted octanol–water partition coefficient (Wildman–Crippen LogP) is 3.04. The number of esters is 1. The molecule has 0 heterocycles. The molecule has 0 aliphatic carbocycles. The van der Waals surface area contributed by atoms with Crippen molar-refractivity contribution in [3.8, 4) is 0 Å². The van der Waals surface area contributed by atoms with Crippen LogP contribution in [0.5, 0.6) is 0 Å². The number of halogens is 1. The molecule has 0 saturated carbocycles. The van der Waals surface area contributed by atoms with Crippen LogP contribution in [0.1, 0.15) is 35.4 Å². The fourth-order valence-electron chi connectivity index (χ4n) is 2.17. The molecule has 24 heavy (non-hydrogen) atoms. The van der Waals surface area contributed by atoms with Crippen molar-refractivity contribution in [3.05, 3.63) is 65.5 Å². The minimum absolute atomic E-state index is 0.0192. The first-order chi connectivity index (χ1) is 11.4. The summed E-state index contributed by atoms with van der Waals surface area (Å²) in [6.45, 7) is 1.84. The number of ether oxygens (including phenoxy) is 1. The number of carbonyl (C=O) groups excluding carboxylic acids is 1. The lowest BCUT2D eigenvalue weighted by Gasteiger charge is -2.17. The Labute approximate surface area is 140 Å². The number of nitrogens with one attached hydrogen (secondary N) is 1. The summed E-state index contributed by atoms with van der Waals surface area (Å²) in [4.78, 5) is 12.3. The summed E-state index contributed by atoms with van der Waals surface area (Å²) in [6.07, 6.45) is -0.0334. The van der Waals surface area contributed by atoms with E-state index >= 15 is 0 Å². The minimum atomic E-state index is -3.64. The molecule has 0 saturated heterocycles. The Bertz CT molecular complexity index is 819. The van der Waals surface area contributed by atoms with Crippen molar-refractivity contribution >= 4 is 16.0 Å². The van der Waals surface area contributed by atoms with Crippen LogP contribution in [0.3, 0.4) is 0 Å².